The maximum absolute atomic E-state index is 13.4. The first kappa shape index (κ1) is 33.6. The molecule has 250 valence electrons. The van der Waals surface area contributed by atoms with E-state index in [0.29, 0.717) is 40.2 Å². The molecular weight excluding hydrogens is 600 g/mol. The number of rotatable bonds is 8. The fraction of sp³-hybridized carbons (Fsp3) is 0.417. The van der Waals surface area contributed by atoms with Crippen LogP contribution in [0.4, 0.5) is 0 Å². The zero-order chi connectivity index (χ0) is 34.2. The van der Waals surface area contributed by atoms with Crippen molar-refractivity contribution in [3.05, 3.63) is 78.2 Å². The smallest absolute Gasteiger partial charge is 0.340 e. The van der Waals surface area contributed by atoms with Crippen LogP contribution in [0.5, 0.6) is 0 Å². The van der Waals surface area contributed by atoms with E-state index >= 15 is 0 Å². The summed E-state index contributed by atoms with van der Waals surface area (Å²) < 4.78 is 15.4. The van der Waals surface area contributed by atoms with Gasteiger partial charge in [-0.15, -0.1) is 0 Å². The third-order valence-corrected chi connectivity index (χ3v) is 9.78. The van der Waals surface area contributed by atoms with Crippen molar-refractivity contribution in [2.24, 2.45) is 11.8 Å². The minimum absolute atomic E-state index is 0.116. The average Bonchev–Trinajstić information content (AvgIpc) is 3.74. The second-order valence-electron chi connectivity index (χ2n) is 12.2. The van der Waals surface area contributed by atoms with Crippen LogP contribution in [0.2, 0.25) is 0 Å². The van der Waals surface area contributed by atoms with Gasteiger partial charge < -0.3 is 39.6 Å². The summed E-state index contributed by atoms with van der Waals surface area (Å²) in [5, 5.41) is 15.8. The van der Waals surface area contributed by atoms with Crippen LogP contribution in [-0.4, -0.2) is 59.3 Å². The Labute approximate surface area is 273 Å². The van der Waals surface area contributed by atoms with E-state index in [1.165, 1.54) is 21.3 Å². The van der Waals surface area contributed by atoms with Gasteiger partial charge in [-0.3, -0.25) is 9.59 Å². The normalized spacial score (nSPS) is 17.0. The Balaban J connectivity index is 1.93. The Morgan fingerprint density at radius 2 is 1.49 bits per heavy atom. The molecule has 0 amide bonds. The molecule has 2 atom stereocenters. The molecule has 5 rings (SSSR count). The standard InChI is InChI=1S/C36H44N4O7/c1-9-21-17(2)26-14-30-24(16-41)19(4)25(38-30)13-27-18(3)22(10-11-31(42)45-6)34(39-27)23(12-32(43)46-7)35-33(36(44)47-8)20(5)28(40-35)15-29(21)37-26/h13-15,18,22,37-41H,9-12,16H2,1-8H3. The Bertz CT molecular complexity index is 1930. The van der Waals surface area contributed by atoms with Crippen LogP contribution in [0.25, 0.3) is 23.8 Å². The van der Waals surface area contributed by atoms with E-state index in [9.17, 15) is 19.5 Å². The molecule has 1 saturated heterocycles. The summed E-state index contributed by atoms with van der Waals surface area (Å²) in [5.74, 6) is -1.73. The number of aromatic amines is 3. The van der Waals surface area contributed by atoms with Crippen LogP contribution in [0.1, 0.15) is 94.1 Å². The summed E-state index contributed by atoms with van der Waals surface area (Å²) in [7, 11) is 4.02. The predicted molar refractivity (Wildman–Crippen MR) is 178 cm³/mol. The number of hydrogen-bond acceptors (Lipinski definition) is 8. The van der Waals surface area contributed by atoms with Crippen molar-refractivity contribution >= 4 is 41.7 Å². The Kier molecular flexibility index (Phi) is 9.67. The average molecular weight is 645 g/mol. The molecule has 3 aromatic rings. The number of aliphatic hydroxyl groups excluding tert-OH is 1. The first-order valence-corrected chi connectivity index (χ1v) is 15.9. The minimum atomic E-state index is -0.541. The molecule has 47 heavy (non-hydrogen) atoms. The number of ether oxygens (including phenoxy) is 3. The van der Waals surface area contributed by atoms with Gasteiger partial charge >= 0.3 is 17.9 Å². The molecule has 1 fully saturated rings. The van der Waals surface area contributed by atoms with Crippen molar-refractivity contribution in [2.75, 3.05) is 21.3 Å². The Morgan fingerprint density at radius 1 is 0.809 bits per heavy atom. The highest BCUT2D eigenvalue weighted by molar-refractivity contribution is 6.00. The number of hydrogen-bond donors (Lipinski definition) is 5. The predicted octanol–water partition coefficient (Wildman–Crippen LogP) is 3.53. The van der Waals surface area contributed by atoms with Crippen molar-refractivity contribution in [3.63, 3.8) is 0 Å². The lowest BCUT2D eigenvalue weighted by atomic mass is 9.85. The van der Waals surface area contributed by atoms with E-state index in [2.05, 4.69) is 41.0 Å². The Morgan fingerprint density at radius 3 is 2.13 bits per heavy atom. The molecule has 11 heteroatoms. The van der Waals surface area contributed by atoms with Gasteiger partial charge in [0.05, 0.1) is 45.6 Å². The third kappa shape index (κ3) is 6.07. The Hall–Kier alpha value is -4.77. The van der Waals surface area contributed by atoms with Crippen LogP contribution >= 0.6 is 0 Å². The molecule has 8 bridgehead atoms. The zero-order valence-electron chi connectivity index (χ0n) is 28.3. The maximum Gasteiger partial charge on any atom is 0.340 e. The highest BCUT2D eigenvalue weighted by Crippen LogP contribution is 2.43. The topological polar surface area (TPSA) is 159 Å². The zero-order valence-corrected chi connectivity index (χ0v) is 28.3. The third-order valence-electron chi connectivity index (χ3n) is 9.78. The maximum atomic E-state index is 13.4. The summed E-state index contributed by atoms with van der Waals surface area (Å²) in [6.45, 7) is 9.89. The van der Waals surface area contributed by atoms with Gasteiger partial charge in [-0.05, 0) is 74.1 Å². The quantitative estimate of drug-likeness (QED) is 0.184. The van der Waals surface area contributed by atoms with Gasteiger partial charge in [0.15, 0.2) is 0 Å². The van der Waals surface area contributed by atoms with Crippen molar-refractivity contribution in [1.82, 2.24) is 20.3 Å². The summed E-state index contributed by atoms with van der Waals surface area (Å²) in [6, 6.07) is 0. The van der Waals surface area contributed by atoms with Gasteiger partial charge in [-0.2, -0.15) is 0 Å². The molecule has 2 aliphatic heterocycles. The molecule has 0 radical (unpaired) electrons. The van der Waals surface area contributed by atoms with E-state index in [1.807, 2.05) is 32.1 Å². The summed E-state index contributed by atoms with van der Waals surface area (Å²) in [5.41, 5.74) is 9.72. The molecule has 5 heterocycles. The van der Waals surface area contributed by atoms with E-state index < -0.39 is 11.9 Å². The van der Waals surface area contributed by atoms with Gasteiger partial charge in [0.25, 0.3) is 0 Å². The number of H-pyrrole nitrogens is 3. The lowest BCUT2D eigenvalue weighted by Gasteiger charge is -2.19. The highest BCUT2D eigenvalue weighted by Gasteiger charge is 2.37. The molecule has 0 saturated carbocycles. The number of methoxy groups -OCH3 is 3. The number of carbonyl (C=O) groups is 3. The van der Waals surface area contributed by atoms with Crippen LogP contribution < -0.4 is 16.0 Å². The molecule has 2 aliphatic rings. The lowest BCUT2D eigenvalue weighted by Crippen LogP contribution is -2.17. The molecule has 0 aromatic carbocycles. The molecular formula is C36H44N4O7. The van der Waals surface area contributed by atoms with E-state index in [-0.39, 0.29) is 37.3 Å². The molecule has 3 aromatic heterocycles. The van der Waals surface area contributed by atoms with Crippen molar-refractivity contribution in [3.8, 4) is 0 Å². The fourth-order valence-corrected chi connectivity index (χ4v) is 6.94. The van der Waals surface area contributed by atoms with Crippen molar-refractivity contribution < 1.29 is 33.7 Å². The van der Waals surface area contributed by atoms with E-state index in [1.54, 1.807) is 0 Å². The molecule has 2 unspecified atom stereocenters. The summed E-state index contributed by atoms with van der Waals surface area (Å²) >= 11 is 0. The van der Waals surface area contributed by atoms with Crippen LogP contribution in [0.3, 0.4) is 0 Å². The van der Waals surface area contributed by atoms with E-state index in [0.717, 1.165) is 56.5 Å². The molecule has 11 nitrogen and oxygen atoms in total. The molecule has 0 aliphatic carbocycles. The van der Waals surface area contributed by atoms with E-state index in [4.69, 9.17) is 14.2 Å². The number of aliphatic hydroxyl groups is 1. The van der Waals surface area contributed by atoms with Gasteiger partial charge in [0.2, 0.25) is 0 Å². The number of allylic oxidation sites excluding steroid dienone is 2. The minimum Gasteiger partial charge on any atom is -0.469 e. The summed E-state index contributed by atoms with van der Waals surface area (Å²) in [4.78, 5) is 49.4. The largest absolute Gasteiger partial charge is 0.469 e. The van der Waals surface area contributed by atoms with Crippen LogP contribution in [0.15, 0.2) is 11.4 Å². The lowest BCUT2D eigenvalue weighted by molar-refractivity contribution is -0.141. The van der Waals surface area contributed by atoms with Crippen molar-refractivity contribution in [1.29, 1.82) is 0 Å². The van der Waals surface area contributed by atoms with Crippen LogP contribution in [-0.2, 0) is 36.8 Å². The number of carbonyl (C=O) groups excluding carboxylic acids is 3. The fourth-order valence-electron chi connectivity index (χ4n) is 6.94. The van der Waals surface area contributed by atoms with Gasteiger partial charge in [-0.25, -0.2) is 4.79 Å². The number of esters is 3. The second-order valence-corrected chi connectivity index (χ2v) is 12.2. The van der Waals surface area contributed by atoms with Gasteiger partial charge in [0, 0.05) is 68.6 Å². The highest BCUT2D eigenvalue weighted by atomic mass is 16.5. The van der Waals surface area contributed by atoms with Crippen LogP contribution in [0, 0.1) is 32.6 Å². The van der Waals surface area contributed by atoms with Crippen molar-refractivity contribution in [2.45, 2.75) is 66.9 Å². The summed E-state index contributed by atoms with van der Waals surface area (Å²) in [6.07, 6.45) is 7.22. The van der Waals surface area contributed by atoms with Gasteiger partial charge in [0.1, 0.15) is 0 Å². The first-order chi connectivity index (χ1) is 22.5. The molecule has 0 spiro atoms. The monoisotopic (exact) mass is 644 g/mol. The number of fused-ring (bicyclic) bond motifs is 8. The molecule has 5 N–H and O–H groups in total. The SMILES string of the molecule is CCc1c(C)c2[nH]c1=Cc1[nH]c(c(C(=O)OC)c1C)C(CC(=O)OC)=C1NC(=Cc3[nH]c(c(CO)c3C)C=2)C(C)C1CCC(=O)OC. The number of aromatic nitrogens is 3. The van der Waals surface area contributed by atoms with Gasteiger partial charge in [-0.1, -0.05) is 13.8 Å². The number of nitrogens with one attached hydrogen (secondary N) is 4. The second kappa shape index (κ2) is 13.5. The first-order valence-electron chi connectivity index (χ1n) is 15.9.